The predicted molar refractivity (Wildman–Crippen MR) is 84.2 cm³/mol. The van der Waals surface area contributed by atoms with Crippen LogP contribution in [0, 0.1) is 5.92 Å². The minimum absolute atomic E-state index is 0.407. The van der Waals surface area contributed by atoms with E-state index in [1.165, 1.54) is 38.8 Å². The highest BCUT2D eigenvalue weighted by molar-refractivity contribution is 5.89. The SMILES string of the molecule is c1cc2c(N[C@H]3CN4CCC3CC4)noc2cc1OC1CC1. The number of nitrogens with one attached hydrogen (secondary N) is 1. The highest BCUT2D eigenvalue weighted by Crippen LogP contribution is 2.34. The molecule has 3 aliphatic heterocycles. The molecule has 2 bridgehead atoms. The molecule has 22 heavy (non-hydrogen) atoms. The van der Waals surface area contributed by atoms with E-state index in [1.807, 2.05) is 12.1 Å². The smallest absolute Gasteiger partial charge is 0.177 e. The number of aromatic nitrogens is 1. The van der Waals surface area contributed by atoms with Gasteiger partial charge in [-0.15, -0.1) is 0 Å². The molecule has 5 heteroatoms. The van der Waals surface area contributed by atoms with Crippen molar-refractivity contribution in [2.24, 2.45) is 5.92 Å². The zero-order chi connectivity index (χ0) is 14.5. The average Bonchev–Trinajstić information content (AvgIpc) is 3.29. The van der Waals surface area contributed by atoms with Crippen LogP contribution in [0.25, 0.3) is 11.0 Å². The van der Waals surface area contributed by atoms with E-state index in [4.69, 9.17) is 9.26 Å². The Balaban J connectivity index is 1.37. The van der Waals surface area contributed by atoms with Crippen LogP contribution in [0.1, 0.15) is 25.7 Å². The third-order valence-electron chi connectivity index (χ3n) is 5.25. The van der Waals surface area contributed by atoms with Gasteiger partial charge in [-0.3, -0.25) is 0 Å². The highest BCUT2D eigenvalue weighted by atomic mass is 16.5. The van der Waals surface area contributed by atoms with Gasteiger partial charge in [-0.2, -0.15) is 0 Å². The number of hydrogen-bond donors (Lipinski definition) is 1. The molecule has 4 aliphatic rings. The quantitative estimate of drug-likeness (QED) is 0.941. The van der Waals surface area contributed by atoms with Crippen LogP contribution in [0.4, 0.5) is 5.82 Å². The Kier molecular flexibility index (Phi) is 2.83. The number of ether oxygens (including phenoxy) is 1. The molecule has 1 N–H and O–H groups in total. The summed E-state index contributed by atoms with van der Waals surface area (Å²) >= 11 is 0. The van der Waals surface area contributed by atoms with Gasteiger partial charge < -0.3 is 19.5 Å². The topological polar surface area (TPSA) is 50.5 Å². The lowest BCUT2D eigenvalue weighted by Gasteiger charge is -2.44. The summed E-state index contributed by atoms with van der Waals surface area (Å²) < 4.78 is 11.3. The molecule has 4 heterocycles. The number of benzene rings is 1. The van der Waals surface area contributed by atoms with Crippen LogP contribution in [-0.2, 0) is 0 Å². The summed E-state index contributed by atoms with van der Waals surface area (Å²) in [4.78, 5) is 2.54. The van der Waals surface area contributed by atoms with E-state index in [-0.39, 0.29) is 0 Å². The van der Waals surface area contributed by atoms with E-state index in [1.54, 1.807) is 0 Å². The molecule has 1 aliphatic carbocycles. The Morgan fingerprint density at radius 3 is 2.77 bits per heavy atom. The predicted octanol–water partition coefficient (Wildman–Crippen LogP) is 2.88. The van der Waals surface area contributed by atoms with Gasteiger partial charge in [0, 0.05) is 18.7 Å². The maximum atomic E-state index is 5.82. The molecule has 116 valence electrons. The van der Waals surface area contributed by atoms with Gasteiger partial charge in [0.25, 0.3) is 0 Å². The minimum atomic E-state index is 0.407. The zero-order valence-corrected chi connectivity index (χ0v) is 12.6. The summed E-state index contributed by atoms with van der Waals surface area (Å²) in [5.74, 6) is 2.54. The molecular weight excluding hydrogens is 278 g/mol. The molecule has 5 nitrogen and oxygen atoms in total. The van der Waals surface area contributed by atoms with Crippen molar-refractivity contribution in [1.29, 1.82) is 0 Å². The lowest BCUT2D eigenvalue weighted by Crippen LogP contribution is -2.53. The normalized spacial score (nSPS) is 30.6. The molecule has 0 amide bonds. The second-order valence-electron chi connectivity index (χ2n) is 6.90. The van der Waals surface area contributed by atoms with Gasteiger partial charge in [-0.1, -0.05) is 5.16 Å². The van der Waals surface area contributed by atoms with Gasteiger partial charge >= 0.3 is 0 Å². The number of fused-ring (bicyclic) bond motifs is 4. The fraction of sp³-hybridized carbons (Fsp3) is 0.588. The lowest BCUT2D eigenvalue weighted by molar-refractivity contribution is 0.0973. The van der Waals surface area contributed by atoms with E-state index in [2.05, 4.69) is 21.4 Å². The van der Waals surface area contributed by atoms with E-state index in [0.717, 1.165) is 35.0 Å². The minimum Gasteiger partial charge on any atom is -0.490 e. The largest absolute Gasteiger partial charge is 0.490 e. The zero-order valence-electron chi connectivity index (χ0n) is 12.6. The highest BCUT2D eigenvalue weighted by Gasteiger charge is 2.34. The number of piperidine rings is 3. The molecule has 3 saturated heterocycles. The number of nitrogens with zero attached hydrogens (tertiary/aromatic N) is 2. The van der Waals surface area contributed by atoms with E-state index >= 15 is 0 Å². The van der Waals surface area contributed by atoms with Gasteiger partial charge in [0.1, 0.15) is 5.75 Å². The van der Waals surface area contributed by atoms with Crippen LogP contribution >= 0.6 is 0 Å². The first kappa shape index (κ1) is 12.8. The summed E-state index contributed by atoms with van der Waals surface area (Å²) in [6.45, 7) is 3.64. The maximum Gasteiger partial charge on any atom is 0.177 e. The van der Waals surface area contributed by atoms with Crippen molar-refractivity contribution in [2.75, 3.05) is 25.0 Å². The van der Waals surface area contributed by atoms with Gasteiger partial charge in [0.05, 0.1) is 11.5 Å². The van der Waals surface area contributed by atoms with Crippen LogP contribution in [0.5, 0.6) is 5.75 Å². The third-order valence-corrected chi connectivity index (χ3v) is 5.25. The van der Waals surface area contributed by atoms with Crippen LogP contribution < -0.4 is 10.1 Å². The summed E-state index contributed by atoms with van der Waals surface area (Å²) in [5.41, 5.74) is 0.807. The van der Waals surface area contributed by atoms with Crippen molar-refractivity contribution < 1.29 is 9.26 Å². The van der Waals surface area contributed by atoms with E-state index in [0.29, 0.717) is 12.1 Å². The number of hydrogen-bond acceptors (Lipinski definition) is 5. The van der Waals surface area contributed by atoms with Crippen LogP contribution in [0.2, 0.25) is 0 Å². The average molecular weight is 299 g/mol. The standard InChI is InChI=1S/C17H21N3O2/c1-2-12(1)21-13-3-4-14-16(9-13)22-19-17(14)18-15-10-20-7-5-11(15)6-8-20/h3-4,9,11-12,15H,1-2,5-8,10H2,(H,18,19)/t15-/m0/s1. The molecule has 1 atom stereocenters. The monoisotopic (exact) mass is 299 g/mol. The molecule has 0 radical (unpaired) electrons. The molecule has 1 aromatic carbocycles. The Bertz CT molecular complexity index is 686. The van der Waals surface area contributed by atoms with Crippen LogP contribution in [-0.4, -0.2) is 41.8 Å². The first-order valence-corrected chi connectivity index (χ1v) is 8.40. The number of anilines is 1. The summed E-state index contributed by atoms with van der Waals surface area (Å²) in [5, 5.41) is 8.92. The van der Waals surface area contributed by atoms with E-state index in [9.17, 15) is 0 Å². The van der Waals surface area contributed by atoms with Crippen molar-refractivity contribution in [3.8, 4) is 5.75 Å². The van der Waals surface area contributed by atoms with Gasteiger partial charge in [-0.05, 0) is 56.8 Å². The Hall–Kier alpha value is -1.75. The summed E-state index contributed by atoms with van der Waals surface area (Å²) in [6.07, 6.45) is 5.34. The van der Waals surface area contributed by atoms with Gasteiger partial charge in [-0.25, -0.2) is 0 Å². The lowest BCUT2D eigenvalue weighted by atomic mass is 9.84. The molecule has 4 fully saturated rings. The van der Waals surface area contributed by atoms with Gasteiger partial charge in [0.2, 0.25) is 0 Å². The second-order valence-corrected chi connectivity index (χ2v) is 6.90. The van der Waals surface area contributed by atoms with Gasteiger partial charge in [0.15, 0.2) is 11.4 Å². The Morgan fingerprint density at radius 2 is 2.05 bits per heavy atom. The fourth-order valence-electron chi connectivity index (χ4n) is 3.78. The van der Waals surface area contributed by atoms with Crippen LogP contribution in [0.3, 0.4) is 0 Å². The Morgan fingerprint density at radius 1 is 1.18 bits per heavy atom. The summed E-state index contributed by atoms with van der Waals surface area (Å²) in [7, 11) is 0. The van der Waals surface area contributed by atoms with Crippen molar-refractivity contribution in [1.82, 2.24) is 10.1 Å². The Labute approximate surface area is 129 Å². The van der Waals surface area contributed by atoms with Crippen molar-refractivity contribution in [3.63, 3.8) is 0 Å². The molecule has 0 unspecified atom stereocenters. The molecule has 0 spiro atoms. The van der Waals surface area contributed by atoms with Crippen molar-refractivity contribution in [3.05, 3.63) is 18.2 Å². The first-order chi connectivity index (χ1) is 10.8. The second kappa shape index (κ2) is 4.88. The van der Waals surface area contributed by atoms with Crippen molar-refractivity contribution >= 4 is 16.8 Å². The first-order valence-electron chi connectivity index (χ1n) is 8.40. The molecule has 1 aromatic heterocycles. The molecular formula is C17H21N3O2. The number of rotatable bonds is 4. The maximum absolute atomic E-state index is 5.82. The molecule has 2 aromatic rings. The molecule has 1 saturated carbocycles. The fourth-order valence-corrected chi connectivity index (χ4v) is 3.78. The summed E-state index contributed by atoms with van der Waals surface area (Å²) in [6, 6.07) is 6.55. The third kappa shape index (κ3) is 2.24. The molecule has 6 rings (SSSR count). The van der Waals surface area contributed by atoms with Crippen molar-refractivity contribution in [2.45, 2.75) is 37.8 Å². The van der Waals surface area contributed by atoms with E-state index < -0.39 is 0 Å². The van der Waals surface area contributed by atoms with Crippen LogP contribution in [0.15, 0.2) is 22.7 Å².